The summed E-state index contributed by atoms with van der Waals surface area (Å²) in [5, 5.41) is 3.25. The van der Waals surface area contributed by atoms with E-state index < -0.39 is 0 Å². The molecule has 1 rings (SSSR count). The summed E-state index contributed by atoms with van der Waals surface area (Å²) < 4.78 is 0. The molecule has 0 fully saturated rings. The van der Waals surface area contributed by atoms with Crippen LogP contribution in [0.15, 0.2) is 23.3 Å². The van der Waals surface area contributed by atoms with Crippen molar-refractivity contribution in [3.05, 3.63) is 23.3 Å². The second kappa shape index (κ2) is 5.23. The van der Waals surface area contributed by atoms with Gasteiger partial charge in [0.15, 0.2) is 0 Å². The molecule has 0 saturated heterocycles. The van der Waals surface area contributed by atoms with Crippen molar-refractivity contribution in [1.29, 1.82) is 0 Å². The number of allylic oxidation sites excluding steroid dienone is 3. The van der Waals surface area contributed by atoms with E-state index >= 15 is 0 Å². The maximum absolute atomic E-state index is 3.25. The van der Waals surface area contributed by atoms with Crippen LogP contribution in [0.2, 0.25) is 0 Å². The molecule has 0 aromatic heterocycles. The van der Waals surface area contributed by atoms with Crippen LogP contribution in [0.3, 0.4) is 0 Å². The summed E-state index contributed by atoms with van der Waals surface area (Å²) in [6.07, 6.45) is 8.30. The molecule has 0 radical (unpaired) electrons. The molecular weight excluding hydrogens is 158 g/mol. The van der Waals surface area contributed by atoms with Gasteiger partial charge in [-0.3, -0.25) is 0 Å². The fourth-order valence-electron chi connectivity index (χ4n) is 2.03. The minimum absolute atomic E-state index is 0.696. The average molecular weight is 179 g/mol. The van der Waals surface area contributed by atoms with Gasteiger partial charge in [0, 0.05) is 6.54 Å². The maximum Gasteiger partial charge on any atom is 0.00115 e. The summed E-state index contributed by atoms with van der Waals surface area (Å²) in [6, 6.07) is 0. The Labute approximate surface area is 81.9 Å². The summed E-state index contributed by atoms with van der Waals surface area (Å²) in [7, 11) is 2.03. The Bertz CT molecular complexity index is 213. The molecule has 0 bridgehead atoms. The molecule has 1 N–H and O–H groups in total. The van der Waals surface area contributed by atoms with E-state index in [9.17, 15) is 0 Å². The molecule has 1 heteroatoms. The van der Waals surface area contributed by atoms with Gasteiger partial charge in [-0.05, 0) is 31.4 Å². The first kappa shape index (κ1) is 10.5. The van der Waals surface area contributed by atoms with Gasteiger partial charge in [-0.15, -0.1) is 0 Å². The second-order valence-electron chi connectivity index (χ2n) is 3.87. The van der Waals surface area contributed by atoms with Crippen molar-refractivity contribution < 1.29 is 0 Å². The number of nitrogens with one attached hydrogen (secondary N) is 1. The standard InChI is InChI=1S/C12H21N/c1-4-6-11-7-5-8-12(11)10(2)9-13-3/h5,7,10,13H,4,6,8-9H2,1-3H3. The van der Waals surface area contributed by atoms with Gasteiger partial charge in [0.1, 0.15) is 0 Å². The molecule has 74 valence electrons. The lowest BCUT2D eigenvalue weighted by Crippen LogP contribution is -2.18. The van der Waals surface area contributed by atoms with E-state index in [2.05, 4.69) is 31.3 Å². The van der Waals surface area contributed by atoms with Gasteiger partial charge < -0.3 is 5.32 Å². The first-order chi connectivity index (χ1) is 6.29. The Balaban J connectivity index is 2.60. The molecule has 1 unspecified atom stereocenters. The molecule has 1 atom stereocenters. The van der Waals surface area contributed by atoms with Crippen molar-refractivity contribution in [1.82, 2.24) is 5.32 Å². The topological polar surface area (TPSA) is 12.0 Å². The van der Waals surface area contributed by atoms with Crippen LogP contribution in [0.1, 0.15) is 33.1 Å². The second-order valence-corrected chi connectivity index (χ2v) is 3.87. The lowest BCUT2D eigenvalue weighted by molar-refractivity contribution is 0.605. The zero-order valence-corrected chi connectivity index (χ0v) is 9.06. The van der Waals surface area contributed by atoms with Gasteiger partial charge >= 0.3 is 0 Å². The molecule has 1 aliphatic carbocycles. The number of hydrogen-bond donors (Lipinski definition) is 1. The Morgan fingerprint density at radius 2 is 2.31 bits per heavy atom. The number of hydrogen-bond acceptors (Lipinski definition) is 1. The van der Waals surface area contributed by atoms with Gasteiger partial charge in [-0.25, -0.2) is 0 Å². The van der Waals surface area contributed by atoms with Crippen molar-refractivity contribution in [2.45, 2.75) is 33.1 Å². The van der Waals surface area contributed by atoms with E-state index in [1.54, 1.807) is 11.1 Å². The molecule has 1 nitrogen and oxygen atoms in total. The summed E-state index contributed by atoms with van der Waals surface area (Å²) >= 11 is 0. The highest BCUT2D eigenvalue weighted by atomic mass is 14.8. The van der Waals surface area contributed by atoms with Crippen LogP contribution in [0.5, 0.6) is 0 Å². The van der Waals surface area contributed by atoms with Crippen molar-refractivity contribution in [3.8, 4) is 0 Å². The highest BCUT2D eigenvalue weighted by Crippen LogP contribution is 2.28. The maximum atomic E-state index is 3.25. The number of rotatable bonds is 5. The van der Waals surface area contributed by atoms with Crippen molar-refractivity contribution in [3.63, 3.8) is 0 Å². The quantitative estimate of drug-likeness (QED) is 0.684. The predicted octanol–water partition coefficient (Wildman–Crippen LogP) is 2.90. The first-order valence-electron chi connectivity index (χ1n) is 5.32. The van der Waals surface area contributed by atoms with Crippen molar-refractivity contribution in [2.24, 2.45) is 5.92 Å². The molecule has 0 saturated carbocycles. The minimum Gasteiger partial charge on any atom is -0.319 e. The summed E-state index contributed by atoms with van der Waals surface area (Å²) in [6.45, 7) is 5.66. The van der Waals surface area contributed by atoms with E-state index in [4.69, 9.17) is 0 Å². The zero-order chi connectivity index (χ0) is 9.68. The zero-order valence-electron chi connectivity index (χ0n) is 9.06. The van der Waals surface area contributed by atoms with Gasteiger partial charge in [-0.2, -0.15) is 0 Å². The van der Waals surface area contributed by atoms with Crippen LogP contribution in [0.25, 0.3) is 0 Å². The van der Waals surface area contributed by atoms with Crippen molar-refractivity contribution in [2.75, 3.05) is 13.6 Å². The largest absolute Gasteiger partial charge is 0.319 e. The molecule has 0 amide bonds. The Morgan fingerprint density at radius 3 is 2.92 bits per heavy atom. The molecule has 0 heterocycles. The van der Waals surface area contributed by atoms with Gasteiger partial charge in [0.05, 0.1) is 0 Å². The molecule has 0 aliphatic heterocycles. The fraction of sp³-hybridized carbons (Fsp3) is 0.667. The smallest absolute Gasteiger partial charge is 0.00115 e. The Kier molecular flexibility index (Phi) is 4.23. The first-order valence-corrected chi connectivity index (χ1v) is 5.32. The summed E-state index contributed by atoms with van der Waals surface area (Å²) in [4.78, 5) is 0. The van der Waals surface area contributed by atoms with Crippen molar-refractivity contribution >= 4 is 0 Å². The highest BCUT2D eigenvalue weighted by molar-refractivity contribution is 5.35. The molecule has 0 aromatic rings. The summed E-state index contributed by atoms with van der Waals surface area (Å²) in [5.41, 5.74) is 3.24. The lowest BCUT2D eigenvalue weighted by atomic mass is 9.95. The van der Waals surface area contributed by atoms with Crippen LogP contribution >= 0.6 is 0 Å². The monoisotopic (exact) mass is 179 g/mol. The highest BCUT2D eigenvalue weighted by Gasteiger charge is 2.14. The summed E-state index contributed by atoms with van der Waals surface area (Å²) in [5.74, 6) is 0.696. The Hall–Kier alpha value is -0.560. The van der Waals surface area contributed by atoms with Crippen LogP contribution < -0.4 is 5.32 Å². The van der Waals surface area contributed by atoms with Crippen LogP contribution in [0, 0.1) is 5.92 Å². The van der Waals surface area contributed by atoms with Gasteiger partial charge in [0.2, 0.25) is 0 Å². The van der Waals surface area contributed by atoms with E-state index in [1.807, 2.05) is 7.05 Å². The fourth-order valence-corrected chi connectivity index (χ4v) is 2.03. The Morgan fingerprint density at radius 1 is 1.54 bits per heavy atom. The van der Waals surface area contributed by atoms with Crippen LogP contribution in [-0.4, -0.2) is 13.6 Å². The van der Waals surface area contributed by atoms with E-state index in [0.717, 1.165) is 6.54 Å². The van der Waals surface area contributed by atoms with E-state index in [-0.39, 0.29) is 0 Å². The van der Waals surface area contributed by atoms with Crippen LogP contribution in [-0.2, 0) is 0 Å². The molecule has 0 aromatic carbocycles. The predicted molar refractivity (Wildman–Crippen MR) is 58.8 cm³/mol. The average Bonchev–Trinajstić information content (AvgIpc) is 2.54. The molecule has 13 heavy (non-hydrogen) atoms. The molecular formula is C12H21N. The van der Waals surface area contributed by atoms with E-state index in [0.29, 0.717) is 5.92 Å². The van der Waals surface area contributed by atoms with Crippen LogP contribution in [0.4, 0.5) is 0 Å². The third-order valence-corrected chi connectivity index (χ3v) is 2.69. The molecule has 0 spiro atoms. The third kappa shape index (κ3) is 2.70. The van der Waals surface area contributed by atoms with Gasteiger partial charge in [-0.1, -0.05) is 38.0 Å². The minimum atomic E-state index is 0.696. The van der Waals surface area contributed by atoms with Gasteiger partial charge in [0.25, 0.3) is 0 Å². The van der Waals surface area contributed by atoms with E-state index in [1.165, 1.54) is 19.3 Å². The lowest BCUT2D eigenvalue weighted by Gasteiger charge is -2.14. The third-order valence-electron chi connectivity index (χ3n) is 2.69. The molecule has 1 aliphatic rings. The normalized spacial score (nSPS) is 18.4. The SMILES string of the molecule is CCCC1=C(C(C)CNC)CC=C1.